The van der Waals surface area contributed by atoms with E-state index in [9.17, 15) is 23.1 Å². The Balaban J connectivity index is 2.11. The number of aromatic hydroxyl groups is 1. The topological polar surface area (TPSA) is 61.4 Å². The third-order valence-corrected chi connectivity index (χ3v) is 3.11. The first-order chi connectivity index (χ1) is 10.7. The third kappa shape index (κ3) is 4.91. The number of para-hydroxylation sites is 1. The van der Waals surface area contributed by atoms with Crippen LogP contribution in [0.2, 0.25) is 0 Å². The van der Waals surface area contributed by atoms with Crippen LogP contribution in [0.5, 0.6) is 5.75 Å². The van der Waals surface area contributed by atoms with Crippen molar-refractivity contribution < 1.29 is 23.1 Å². The van der Waals surface area contributed by atoms with Gasteiger partial charge in [0.25, 0.3) is 0 Å². The number of phenolic OH excluding ortho intramolecular Hbond substituents is 1. The summed E-state index contributed by atoms with van der Waals surface area (Å²) < 4.78 is 37.6. The number of halogens is 3. The molecule has 0 aliphatic heterocycles. The van der Waals surface area contributed by atoms with E-state index in [1.807, 2.05) is 0 Å². The molecule has 2 amide bonds. The van der Waals surface area contributed by atoms with Gasteiger partial charge in [0.05, 0.1) is 6.42 Å². The zero-order valence-electron chi connectivity index (χ0n) is 12.2. The molecule has 0 aromatic heterocycles. The van der Waals surface area contributed by atoms with Gasteiger partial charge in [-0.1, -0.05) is 18.2 Å². The predicted molar refractivity (Wildman–Crippen MR) is 81.7 cm³/mol. The molecular formula is C16H15F3N2O2. The molecule has 0 saturated heterocycles. The number of nitrogens with one attached hydrogen (secondary N) is 2. The Morgan fingerprint density at radius 3 is 2.39 bits per heavy atom. The molecule has 4 nitrogen and oxygen atoms in total. The molecule has 2 rings (SSSR count). The van der Waals surface area contributed by atoms with Crippen molar-refractivity contribution in [3.05, 3.63) is 53.6 Å². The lowest BCUT2D eigenvalue weighted by molar-refractivity contribution is -0.127. The number of rotatable bonds is 3. The van der Waals surface area contributed by atoms with Crippen LogP contribution in [0.1, 0.15) is 11.1 Å². The molecule has 122 valence electrons. The zero-order chi connectivity index (χ0) is 17.0. The Morgan fingerprint density at radius 2 is 1.74 bits per heavy atom. The number of alkyl halides is 3. The molecule has 2 aromatic carbocycles. The second-order valence-electron chi connectivity index (χ2n) is 5.03. The van der Waals surface area contributed by atoms with E-state index in [0.717, 1.165) is 0 Å². The van der Waals surface area contributed by atoms with Crippen LogP contribution in [-0.4, -0.2) is 17.3 Å². The van der Waals surface area contributed by atoms with Crippen LogP contribution >= 0.6 is 0 Å². The number of amides is 2. The van der Waals surface area contributed by atoms with Gasteiger partial charge in [0.2, 0.25) is 0 Å². The fourth-order valence-electron chi connectivity index (χ4n) is 2.08. The highest BCUT2D eigenvalue weighted by Gasteiger charge is 2.29. The third-order valence-electron chi connectivity index (χ3n) is 3.11. The van der Waals surface area contributed by atoms with Crippen molar-refractivity contribution in [2.75, 3.05) is 10.6 Å². The highest BCUT2D eigenvalue weighted by atomic mass is 19.4. The smallest absolute Gasteiger partial charge is 0.393 e. The van der Waals surface area contributed by atoms with E-state index in [4.69, 9.17) is 0 Å². The second-order valence-corrected chi connectivity index (χ2v) is 5.03. The molecule has 7 heteroatoms. The number of phenols is 1. The van der Waals surface area contributed by atoms with Crippen LogP contribution in [-0.2, 0) is 6.42 Å². The molecule has 23 heavy (non-hydrogen) atoms. The Bertz CT molecular complexity index is 715. The number of carbonyl (C=O) groups is 1. The minimum absolute atomic E-state index is 0.0161. The molecule has 0 fully saturated rings. The van der Waals surface area contributed by atoms with E-state index in [-0.39, 0.29) is 17.0 Å². The van der Waals surface area contributed by atoms with Gasteiger partial charge >= 0.3 is 12.2 Å². The summed E-state index contributed by atoms with van der Waals surface area (Å²) in [6.07, 6.45) is -5.48. The van der Waals surface area contributed by atoms with Gasteiger partial charge in [-0.2, -0.15) is 13.2 Å². The highest BCUT2D eigenvalue weighted by molar-refractivity contribution is 6.00. The van der Waals surface area contributed by atoms with Gasteiger partial charge in [-0.25, -0.2) is 4.79 Å². The summed E-state index contributed by atoms with van der Waals surface area (Å²) in [5, 5.41) is 14.3. The summed E-state index contributed by atoms with van der Waals surface area (Å²) in [6, 6.07) is 9.46. The second kappa shape index (κ2) is 6.60. The predicted octanol–water partition coefficient (Wildman–Crippen LogP) is 4.45. The van der Waals surface area contributed by atoms with Gasteiger partial charge in [-0.3, -0.25) is 0 Å². The molecule has 0 aliphatic carbocycles. The molecular weight excluding hydrogens is 309 g/mol. The maximum atomic E-state index is 12.5. The van der Waals surface area contributed by atoms with Crippen molar-refractivity contribution in [1.29, 1.82) is 0 Å². The Labute approximate surface area is 131 Å². The SMILES string of the molecule is Cc1cc(O)ccc1NC(=O)Nc1ccccc1CC(F)(F)F. The van der Waals surface area contributed by atoms with E-state index in [1.54, 1.807) is 13.0 Å². The van der Waals surface area contributed by atoms with Crippen molar-refractivity contribution in [2.24, 2.45) is 0 Å². The van der Waals surface area contributed by atoms with E-state index in [2.05, 4.69) is 10.6 Å². The van der Waals surface area contributed by atoms with E-state index >= 15 is 0 Å². The average Bonchev–Trinajstić information content (AvgIpc) is 2.42. The molecule has 0 radical (unpaired) electrons. The van der Waals surface area contributed by atoms with E-state index < -0.39 is 18.6 Å². The summed E-state index contributed by atoms with van der Waals surface area (Å²) in [6.45, 7) is 1.69. The molecule has 0 bridgehead atoms. The molecule has 0 atom stereocenters. The first kappa shape index (κ1) is 16.7. The number of aryl methyl sites for hydroxylation is 1. The standard InChI is InChI=1S/C16H15F3N2O2/c1-10-8-12(22)6-7-13(10)20-15(23)21-14-5-3-2-4-11(14)9-16(17,18)19/h2-8,22H,9H2,1H3,(H2,20,21,23). The maximum absolute atomic E-state index is 12.5. The van der Waals surface area contributed by atoms with Crippen molar-refractivity contribution >= 4 is 17.4 Å². The number of hydrogen-bond donors (Lipinski definition) is 3. The molecule has 3 N–H and O–H groups in total. The fourth-order valence-corrected chi connectivity index (χ4v) is 2.08. The van der Waals surface area contributed by atoms with Gasteiger partial charge < -0.3 is 15.7 Å². The van der Waals surface area contributed by atoms with Crippen LogP contribution in [0.25, 0.3) is 0 Å². The van der Waals surface area contributed by atoms with Crippen LogP contribution in [0, 0.1) is 6.92 Å². The fraction of sp³-hybridized carbons (Fsp3) is 0.188. The van der Waals surface area contributed by atoms with Gasteiger partial charge in [0.1, 0.15) is 5.75 Å². The first-order valence-electron chi connectivity index (χ1n) is 6.77. The van der Waals surface area contributed by atoms with Crippen LogP contribution in [0.15, 0.2) is 42.5 Å². The summed E-state index contributed by atoms with van der Waals surface area (Å²) >= 11 is 0. The molecule has 0 saturated carbocycles. The summed E-state index contributed by atoms with van der Waals surface area (Å²) in [4.78, 5) is 12.0. The van der Waals surface area contributed by atoms with Crippen LogP contribution in [0.4, 0.5) is 29.3 Å². The van der Waals surface area contributed by atoms with Crippen molar-refractivity contribution in [3.8, 4) is 5.75 Å². The summed E-state index contributed by atoms with van der Waals surface area (Å²) in [7, 11) is 0. The van der Waals surface area contributed by atoms with E-state index in [0.29, 0.717) is 11.3 Å². The van der Waals surface area contributed by atoms with Crippen molar-refractivity contribution in [2.45, 2.75) is 19.5 Å². The van der Waals surface area contributed by atoms with Crippen LogP contribution in [0.3, 0.4) is 0 Å². The van der Waals surface area contributed by atoms with Gasteiger partial charge in [-0.05, 0) is 42.3 Å². The average molecular weight is 324 g/mol. The maximum Gasteiger partial charge on any atom is 0.393 e. The van der Waals surface area contributed by atoms with Crippen molar-refractivity contribution in [1.82, 2.24) is 0 Å². The Kier molecular flexibility index (Phi) is 4.78. The lowest BCUT2D eigenvalue weighted by Crippen LogP contribution is -2.22. The molecule has 2 aromatic rings. The van der Waals surface area contributed by atoms with Gasteiger partial charge in [0, 0.05) is 11.4 Å². The number of urea groups is 1. The zero-order valence-corrected chi connectivity index (χ0v) is 12.2. The number of benzene rings is 2. The Hall–Kier alpha value is -2.70. The van der Waals surface area contributed by atoms with Crippen LogP contribution < -0.4 is 10.6 Å². The lowest BCUT2D eigenvalue weighted by Gasteiger charge is -2.14. The summed E-state index contributed by atoms with van der Waals surface area (Å²) in [5.74, 6) is 0.0592. The molecule has 0 unspecified atom stereocenters. The van der Waals surface area contributed by atoms with Crippen molar-refractivity contribution in [3.63, 3.8) is 0 Å². The molecule has 0 aliphatic rings. The highest BCUT2D eigenvalue weighted by Crippen LogP contribution is 2.26. The largest absolute Gasteiger partial charge is 0.508 e. The number of hydrogen-bond acceptors (Lipinski definition) is 2. The molecule has 0 heterocycles. The monoisotopic (exact) mass is 324 g/mol. The quantitative estimate of drug-likeness (QED) is 0.731. The minimum atomic E-state index is -4.36. The first-order valence-corrected chi connectivity index (χ1v) is 6.77. The summed E-state index contributed by atoms with van der Waals surface area (Å²) in [5.41, 5.74) is 1.16. The van der Waals surface area contributed by atoms with Gasteiger partial charge in [-0.15, -0.1) is 0 Å². The van der Waals surface area contributed by atoms with Gasteiger partial charge in [0.15, 0.2) is 0 Å². The Morgan fingerprint density at radius 1 is 1.09 bits per heavy atom. The molecule has 0 spiro atoms. The van der Waals surface area contributed by atoms with E-state index in [1.165, 1.54) is 36.4 Å². The normalized spacial score (nSPS) is 11.1. The lowest BCUT2D eigenvalue weighted by atomic mass is 10.1. The minimum Gasteiger partial charge on any atom is -0.508 e. The number of anilines is 2. The number of carbonyl (C=O) groups excluding carboxylic acids is 1.